The van der Waals surface area contributed by atoms with Gasteiger partial charge in [-0.1, -0.05) is 18.2 Å². The van der Waals surface area contributed by atoms with Crippen LogP contribution in [0.2, 0.25) is 22.5 Å². The van der Waals surface area contributed by atoms with Crippen molar-refractivity contribution in [3.63, 3.8) is 0 Å². The third-order valence-corrected chi connectivity index (χ3v) is 9.55. The van der Waals surface area contributed by atoms with E-state index >= 15 is 0 Å². The van der Waals surface area contributed by atoms with Gasteiger partial charge in [0.15, 0.2) is 0 Å². The number of carbonyl (C=O) groups is 1. The monoisotopic (exact) mass is 454 g/mol. The molecule has 0 N–H and O–H groups in total. The Bertz CT molecular complexity index is 749. The molecule has 1 aliphatic heterocycles. The van der Waals surface area contributed by atoms with E-state index in [-0.39, 0.29) is 0 Å². The van der Waals surface area contributed by atoms with Crippen LogP contribution in [0.4, 0.5) is 5.69 Å². The Hall–Kier alpha value is -1.59. The Morgan fingerprint density at radius 3 is 2.14 bits per heavy atom. The summed E-state index contributed by atoms with van der Waals surface area (Å²) in [5.41, 5.74) is 2.48. The molecule has 1 saturated heterocycles. The Morgan fingerprint density at radius 1 is 0.966 bits per heavy atom. The summed E-state index contributed by atoms with van der Waals surface area (Å²) in [6, 6.07) is 21.4. The van der Waals surface area contributed by atoms with Crippen LogP contribution in [0.15, 0.2) is 60.7 Å². The Balaban J connectivity index is 1.59. The molecular formula is C25H36GeN2O. The number of para-hydroxylation sites is 1. The number of benzene rings is 2. The van der Waals surface area contributed by atoms with Crippen LogP contribution in [0.1, 0.15) is 24.8 Å². The molecule has 0 bridgehead atoms. The Kier molecular flexibility index (Phi) is 7.96. The molecule has 29 heavy (non-hydrogen) atoms. The van der Waals surface area contributed by atoms with E-state index in [4.69, 9.17) is 0 Å². The van der Waals surface area contributed by atoms with Crippen molar-refractivity contribution in [1.29, 1.82) is 0 Å². The first-order chi connectivity index (χ1) is 13.9. The van der Waals surface area contributed by atoms with Gasteiger partial charge in [-0.05, 0) is 0 Å². The summed E-state index contributed by atoms with van der Waals surface area (Å²) < 4.78 is 0. The SMILES string of the molecule is [CH3][Ge]([CH3])([CH3])[CH2]CC(=O)N(c1ccccc1)C1CCN(CCc2ccccc2)CC1. The van der Waals surface area contributed by atoms with Crippen LogP contribution in [0.3, 0.4) is 0 Å². The van der Waals surface area contributed by atoms with E-state index in [0.717, 1.165) is 49.8 Å². The molecule has 0 spiro atoms. The molecular weight excluding hydrogens is 417 g/mol. The van der Waals surface area contributed by atoms with Crippen LogP contribution in [-0.2, 0) is 11.2 Å². The molecule has 0 saturated carbocycles. The Morgan fingerprint density at radius 2 is 1.55 bits per heavy atom. The molecule has 2 aromatic carbocycles. The molecule has 0 aromatic heterocycles. The van der Waals surface area contributed by atoms with Gasteiger partial charge in [0.25, 0.3) is 0 Å². The van der Waals surface area contributed by atoms with Gasteiger partial charge in [0.05, 0.1) is 0 Å². The summed E-state index contributed by atoms with van der Waals surface area (Å²) in [6.45, 7) is 3.25. The summed E-state index contributed by atoms with van der Waals surface area (Å²) in [6.07, 6.45) is 3.93. The van der Waals surface area contributed by atoms with Crippen molar-refractivity contribution in [2.45, 2.75) is 54.2 Å². The zero-order valence-electron chi connectivity index (χ0n) is 18.3. The molecule has 156 valence electrons. The van der Waals surface area contributed by atoms with Gasteiger partial charge in [-0.3, -0.25) is 0 Å². The second-order valence-corrected chi connectivity index (χ2v) is 21.3. The van der Waals surface area contributed by atoms with Crippen LogP contribution in [0, 0.1) is 0 Å². The fourth-order valence-electron chi connectivity index (χ4n) is 4.08. The minimum atomic E-state index is -1.72. The fraction of sp³-hybridized carbons (Fsp3) is 0.480. The normalized spacial score (nSPS) is 16.0. The number of anilines is 1. The number of hydrogen-bond donors (Lipinski definition) is 0. The number of carbonyl (C=O) groups excluding carboxylic acids is 1. The van der Waals surface area contributed by atoms with Crippen molar-refractivity contribution in [1.82, 2.24) is 4.90 Å². The van der Waals surface area contributed by atoms with Crippen molar-refractivity contribution in [3.8, 4) is 0 Å². The molecule has 0 unspecified atom stereocenters. The number of amides is 1. The standard InChI is InChI=1S/C25H36GeN2O/c1-26(2,3)18-14-25(29)28(23-12-8-5-9-13-23)24-16-20-27(21-17-24)19-15-22-10-6-4-7-11-22/h4-13,24H,14-21H2,1-3H3. The second kappa shape index (κ2) is 10.4. The summed E-state index contributed by atoms with van der Waals surface area (Å²) in [4.78, 5) is 17.9. The van der Waals surface area contributed by atoms with Crippen molar-refractivity contribution < 1.29 is 4.79 Å². The fourth-order valence-corrected chi connectivity index (χ4v) is 6.10. The summed E-state index contributed by atoms with van der Waals surface area (Å²) in [5, 5.41) is 1.11. The van der Waals surface area contributed by atoms with Gasteiger partial charge >= 0.3 is 161 Å². The molecule has 2 aromatic rings. The van der Waals surface area contributed by atoms with E-state index in [1.807, 2.05) is 18.2 Å². The van der Waals surface area contributed by atoms with Gasteiger partial charge in [-0.15, -0.1) is 0 Å². The molecule has 4 heteroatoms. The third-order valence-electron chi connectivity index (χ3n) is 5.87. The van der Waals surface area contributed by atoms with Crippen LogP contribution >= 0.6 is 0 Å². The Labute approximate surface area is 179 Å². The van der Waals surface area contributed by atoms with E-state index < -0.39 is 13.3 Å². The van der Waals surface area contributed by atoms with Gasteiger partial charge in [-0.25, -0.2) is 0 Å². The first-order valence-corrected chi connectivity index (χ1v) is 18.8. The predicted octanol–water partition coefficient (Wildman–Crippen LogP) is 5.46. The third kappa shape index (κ3) is 7.00. The predicted molar refractivity (Wildman–Crippen MR) is 126 cm³/mol. The summed E-state index contributed by atoms with van der Waals surface area (Å²) >= 11 is -1.72. The quantitative estimate of drug-likeness (QED) is 0.496. The number of likely N-dealkylation sites (tertiary alicyclic amines) is 1. The minimum absolute atomic E-state index is 0.319. The molecule has 0 radical (unpaired) electrons. The van der Waals surface area contributed by atoms with Gasteiger partial charge in [-0.2, -0.15) is 0 Å². The number of hydrogen-bond acceptors (Lipinski definition) is 2. The van der Waals surface area contributed by atoms with Crippen molar-refractivity contribution in [3.05, 3.63) is 66.2 Å². The summed E-state index contributed by atoms with van der Waals surface area (Å²) in [7, 11) is 0. The average molecular weight is 453 g/mol. The van der Waals surface area contributed by atoms with Crippen molar-refractivity contribution in [2.24, 2.45) is 0 Å². The maximum absolute atomic E-state index is 13.2. The number of nitrogens with zero attached hydrogens (tertiary/aromatic N) is 2. The van der Waals surface area contributed by atoms with Crippen LogP contribution < -0.4 is 4.90 Å². The van der Waals surface area contributed by atoms with E-state index in [1.54, 1.807) is 0 Å². The van der Waals surface area contributed by atoms with Crippen LogP contribution in [-0.4, -0.2) is 49.7 Å². The number of rotatable bonds is 8. The second-order valence-electron chi connectivity index (χ2n) is 9.47. The topological polar surface area (TPSA) is 23.6 Å². The van der Waals surface area contributed by atoms with E-state index in [1.165, 1.54) is 5.56 Å². The maximum atomic E-state index is 13.2. The van der Waals surface area contributed by atoms with Crippen LogP contribution in [0.5, 0.6) is 0 Å². The average Bonchev–Trinajstić information content (AvgIpc) is 2.73. The van der Waals surface area contributed by atoms with Gasteiger partial charge in [0, 0.05) is 0 Å². The number of piperidine rings is 1. The van der Waals surface area contributed by atoms with Crippen molar-refractivity contribution >= 4 is 24.9 Å². The molecule has 3 nitrogen and oxygen atoms in total. The van der Waals surface area contributed by atoms with E-state index in [2.05, 4.69) is 69.5 Å². The molecule has 1 heterocycles. The molecule has 1 amide bonds. The zero-order valence-corrected chi connectivity index (χ0v) is 20.4. The van der Waals surface area contributed by atoms with Crippen molar-refractivity contribution in [2.75, 3.05) is 24.5 Å². The van der Waals surface area contributed by atoms with Gasteiger partial charge in [0.1, 0.15) is 0 Å². The van der Waals surface area contributed by atoms with Gasteiger partial charge < -0.3 is 0 Å². The molecule has 0 aliphatic carbocycles. The molecule has 1 aliphatic rings. The first kappa shape index (κ1) is 22.1. The summed E-state index contributed by atoms with van der Waals surface area (Å²) in [5.74, 6) is 7.50. The molecule has 1 fully saturated rings. The van der Waals surface area contributed by atoms with Crippen LogP contribution in [0.25, 0.3) is 0 Å². The van der Waals surface area contributed by atoms with Gasteiger partial charge in [0.2, 0.25) is 0 Å². The zero-order chi connectivity index (χ0) is 20.7. The van der Waals surface area contributed by atoms with E-state index in [0.29, 0.717) is 18.4 Å². The molecule has 3 rings (SSSR count). The van der Waals surface area contributed by atoms with E-state index in [9.17, 15) is 4.79 Å². The first-order valence-electron chi connectivity index (χ1n) is 11.1. The molecule has 0 atom stereocenters.